The van der Waals surface area contributed by atoms with Crippen molar-refractivity contribution in [1.82, 2.24) is 0 Å². The summed E-state index contributed by atoms with van der Waals surface area (Å²) in [6, 6.07) is 0. The van der Waals surface area contributed by atoms with Crippen molar-refractivity contribution < 1.29 is 9.09 Å². The lowest BCUT2D eigenvalue weighted by Crippen LogP contribution is -1.85. The molecule has 0 N–H and O–H groups in total. The summed E-state index contributed by atoms with van der Waals surface area (Å²) in [5.74, 6) is 0. The maximum Gasteiger partial charge on any atom is 0.494 e. The molecule has 0 saturated carbocycles. The lowest BCUT2D eigenvalue weighted by atomic mass is 10.1. The summed E-state index contributed by atoms with van der Waals surface area (Å²) < 4.78 is 14.8. The van der Waals surface area contributed by atoms with Crippen LogP contribution in [0.3, 0.4) is 0 Å². The Kier molecular flexibility index (Phi) is 14.1. The van der Waals surface area contributed by atoms with Gasteiger partial charge in [0.2, 0.25) is 0 Å². The van der Waals surface area contributed by atoms with Crippen LogP contribution in [0.1, 0.15) is 71.1 Å². The Bertz CT molecular complexity index is 129. The summed E-state index contributed by atoms with van der Waals surface area (Å²) in [7, 11) is -0.580. The van der Waals surface area contributed by atoms with Gasteiger partial charge in [-0.1, -0.05) is 64.7 Å². The van der Waals surface area contributed by atoms with Crippen LogP contribution >= 0.6 is 8.69 Å². The lowest BCUT2D eigenvalue weighted by molar-refractivity contribution is 0.328. The smallest absolute Gasteiger partial charge is 0.148 e. The zero-order valence-electron chi connectivity index (χ0n) is 10.1. The van der Waals surface area contributed by atoms with Gasteiger partial charge in [-0.05, 0) is 11.0 Å². The number of hydrogen-bond acceptors (Lipinski definition) is 2. The quantitative estimate of drug-likeness (QED) is 0.355. The van der Waals surface area contributed by atoms with Crippen molar-refractivity contribution in [2.45, 2.75) is 71.1 Å². The second-order valence-corrected chi connectivity index (χ2v) is 4.57. The van der Waals surface area contributed by atoms with Crippen molar-refractivity contribution >= 4 is 8.69 Å². The molecule has 0 saturated heterocycles. The molecule has 2 nitrogen and oxygen atoms in total. The second kappa shape index (κ2) is 14.1. The van der Waals surface area contributed by atoms with Crippen LogP contribution in [-0.4, -0.2) is 6.61 Å². The molecule has 3 heteroatoms. The summed E-state index contributed by atoms with van der Waals surface area (Å²) >= 11 is 0. The number of hydrogen-bond donors (Lipinski definition) is 0. The van der Waals surface area contributed by atoms with Crippen molar-refractivity contribution in [3.63, 3.8) is 0 Å². The van der Waals surface area contributed by atoms with E-state index < -0.39 is 8.69 Å². The first kappa shape index (κ1) is 15.1. The molecule has 0 aliphatic carbocycles. The first-order valence-corrected chi connectivity index (χ1v) is 7.22. The minimum atomic E-state index is -0.580. The Hall–Kier alpha value is 0.0600. The van der Waals surface area contributed by atoms with Crippen LogP contribution in [-0.2, 0) is 9.09 Å². The van der Waals surface area contributed by atoms with Gasteiger partial charge in [0.25, 0.3) is 0 Å². The Morgan fingerprint density at radius 2 is 1.27 bits per heavy atom. The van der Waals surface area contributed by atoms with E-state index >= 15 is 0 Å². The first-order chi connectivity index (χ1) is 7.41. The summed E-state index contributed by atoms with van der Waals surface area (Å²) in [5.41, 5.74) is 0. The highest BCUT2D eigenvalue weighted by atomic mass is 31.1. The van der Waals surface area contributed by atoms with E-state index in [0.29, 0.717) is 6.61 Å². The summed E-state index contributed by atoms with van der Waals surface area (Å²) in [6.07, 6.45) is 13.3. The molecule has 0 radical (unpaired) electrons. The number of rotatable bonds is 12. The molecule has 0 bridgehead atoms. The largest absolute Gasteiger partial charge is 0.494 e. The topological polar surface area (TPSA) is 26.3 Å². The fraction of sp³-hybridized carbons (Fsp3) is 1.00. The van der Waals surface area contributed by atoms with Crippen molar-refractivity contribution in [2.75, 3.05) is 6.61 Å². The molecule has 0 aliphatic rings. The molecular formula is C12H26O2P+. The fourth-order valence-electron chi connectivity index (χ4n) is 1.70. The van der Waals surface area contributed by atoms with Gasteiger partial charge < -0.3 is 0 Å². The highest BCUT2D eigenvalue weighted by Crippen LogP contribution is 2.10. The van der Waals surface area contributed by atoms with Crippen molar-refractivity contribution in [2.24, 2.45) is 0 Å². The number of unbranched alkanes of at least 4 members (excludes halogenated alkanes) is 9. The molecule has 0 heterocycles. The molecule has 0 aromatic heterocycles. The van der Waals surface area contributed by atoms with E-state index in [-0.39, 0.29) is 0 Å². The van der Waals surface area contributed by atoms with Gasteiger partial charge in [-0.25, -0.2) is 0 Å². The van der Waals surface area contributed by atoms with Crippen molar-refractivity contribution in [3.8, 4) is 0 Å². The Morgan fingerprint density at radius 1 is 0.800 bits per heavy atom. The lowest BCUT2D eigenvalue weighted by Gasteiger charge is -2.00. The Labute approximate surface area is 96.1 Å². The first-order valence-electron chi connectivity index (χ1n) is 6.40. The van der Waals surface area contributed by atoms with Gasteiger partial charge in [-0.2, -0.15) is 0 Å². The maximum atomic E-state index is 10.00. The molecule has 0 spiro atoms. The molecule has 0 aliphatic heterocycles. The molecule has 1 atom stereocenters. The van der Waals surface area contributed by atoms with Crippen LogP contribution in [0.4, 0.5) is 0 Å². The van der Waals surface area contributed by atoms with Crippen molar-refractivity contribution in [1.29, 1.82) is 0 Å². The van der Waals surface area contributed by atoms with Crippen LogP contribution in [0.5, 0.6) is 0 Å². The summed E-state index contributed by atoms with van der Waals surface area (Å²) in [5, 5.41) is 0. The van der Waals surface area contributed by atoms with Gasteiger partial charge in [0.1, 0.15) is 6.61 Å². The highest BCUT2D eigenvalue weighted by Gasteiger charge is 1.94. The highest BCUT2D eigenvalue weighted by molar-refractivity contribution is 7.17. The maximum absolute atomic E-state index is 10.00. The average Bonchev–Trinajstić information content (AvgIpc) is 2.26. The zero-order chi connectivity index (χ0) is 11.2. The second-order valence-electron chi connectivity index (χ2n) is 4.11. The van der Waals surface area contributed by atoms with Gasteiger partial charge in [-0.3, -0.25) is 0 Å². The third-order valence-corrected chi connectivity index (χ3v) is 2.98. The van der Waals surface area contributed by atoms with Gasteiger partial charge in [-0.15, -0.1) is 4.52 Å². The minimum Gasteiger partial charge on any atom is -0.148 e. The summed E-state index contributed by atoms with van der Waals surface area (Å²) in [4.78, 5) is 0. The van der Waals surface area contributed by atoms with Gasteiger partial charge in [0, 0.05) is 0 Å². The zero-order valence-corrected chi connectivity index (χ0v) is 11.1. The van der Waals surface area contributed by atoms with Gasteiger partial charge in [0.05, 0.1) is 0 Å². The van der Waals surface area contributed by atoms with Gasteiger partial charge >= 0.3 is 8.69 Å². The molecule has 1 unspecified atom stereocenters. The fourth-order valence-corrected chi connectivity index (χ4v) is 1.93. The molecule has 0 aromatic carbocycles. The molecule has 0 fully saturated rings. The predicted octanol–water partition coefficient (Wildman–Crippen LogP) is 4.86. The van der Waals surface area contributed by atoms with Crippen LogP contribution in [0, 0.1) is 0 Å². The molecule has 15 heavy (non-hydrogen) atoms. The minimum absolute atomic E-state index is 0.580. The van der Waals surface area contributed by atoms with E-state index in [2.05, 4.69) is 6.92 Å². The van der Waals surface area contributed by atoms with Gasteiger partial charge in [0.15, 0.2) is 0 Å². The van der Waals surface area contributed by atoms with E-state index in [1.54, 1.807) is 0 Å². The van der Waals surface area contributed by atoms with Crippen LogP contribution in [0.15, 0.2) is 0 Å². The van der Waals surface area contributed by atoms with E-state index in [4.69, 9.17) is 4.52 Å². The third kappa shape index (κ3) is 14.1. The Morgan fingerprint density at radius 3 is 1.73 bits per heavy atom. The van der Waals surface area contributed by atoms with Crippen LogP contribution in [0.25, 0.3) is 0 Å². The Balaban J connectivity index is 2.83. The van der Waals surface area contributed by atoms with Crippen LogP contribution < -0.4 is 0 Å². The average molecular weight is 233 g/mol. The van der Waals surface area contributed by atoms with E-state index in [1.807, 2.05) is 0 Å². The SMILES string of the molecule is CCCCCCCCCCCCO[PH+]=O. The molecule has 0 amide bonds. The van der Waals surface area contributed by atoms with Crippen molar-refractivity contribution in [3.05, 3.63) is 0 Å². The summed E-state index contributed by atoms with van der Waals surface area (Å²) in [6.45, 7) is 2.92. The molecule has 0 rings (SSSR count). The van der Waals surface area contributed by atoms with Crippen LogP contribution in [0.2, 0.25) is 0 Å². The molecule has 0 aromatic rings. The van der Waals surface area contributed by atoms with E-state index in [9.17, 15) is 4.57 Å². The molecule has 90 valence electrons. The van der Waals surface area contributed by atoms with E-state index in [1.165, 1.54) is 57.8 Å². The normalized spacial score (nSPS) is 11.0. The third-order valence-electron chi connectivity index (χ3n) is 2.66. The molecular weight excluding hydrogens is 207 g/mol. The monoisotopic (exact) mass is 233 g/mol. The predicted molar refractivity (Wildman–Crippen MR) is 66.8 cm³/mol. The van der Waals surface area contributed by atoms with E-state index in [0.717, 1.165) is 6.42 Å². The standard InChI is InChI=1S/C12H26O2P/c1-2-3-4-5-6-7-8-9-10-11-12-14-15-13/h15H,2-12H2,1H3/q+1.